The highest BCUT2D eigenvalue weighted by atomic mass is 28.4. The van der Waals surface area contributed by atoms with Crippen LogP contribution in [0.1, 0.15) is 6.92 Å². The minimum atomic E-state index is -2.11. The summed E-state index contributed by atoms with van der Waals surface area (Å²) in [7, 11) is 1.11. The van der Waals surface area contributed by atoms with E-state index in [2.05, 4.69) is 6.58 Å². The lowest BCUT2D eigenvalue weighted by atomic mass is 10.4. The van der Waals surface area contributed by atoms with E-state index in [1.807, 2.05) is 6.55 Å². The van der Waals surface area contributed by atoms with Crippen molar-refractivity contribution >= 4 is 14.5 Å². The Morgan fingerprint density at radius 3 is 2.21 bits per heavy atom. The summed E-state index contributed by atoms with van der Waals surface area (Å²) >= 11 is 0. The van der Waals surface area contributed by atoms with Crippen LogP contribution in [0.5, 0.6) is 0 Å². The van der Waals surface area contributed by atoms with E-state index >= 15 is 0 Å². The van der Waals surface area contributed by atoms with Gasteiger partial charge in [-0.15, -0.1) is 0 Å². The van der Waals surface area contributed by atoms with E-state index in [0.29, 0.717) is 18.2 Å². The monoisotopic (exact) mass is 218 g/mol. The molecule has 0 aliphatic heterocycles. The van der Waals surface area contributed by atoms with Crippen LogP contribution in [0.2, 0.25) is 12.6 Å². The van der Waals surface area contributed by atoms with Gasteiger partial charge in [-0.2, -0.15) is 0 Å². The minimum Gasteiger partial charge on any atom is -0.462 e. The van der Waals surface area contributed by atoms with Gasteiger partial charge in [0.2, 0.25) is 0 Å². The number of rotatable bonds is 6. The highest BCUT2D eigenvalue weighted by Gasteiger charge is 2.28. The van der Waals surface area contributed by atoms with E-state index in [9.17, 15) is 4.79 Å². The average molecular weight is 218 g/mol. The fraction of sp³-hybridized carbons (Fsp3) is 0.667. The lowest BCUT2D eigenvalue weighted by Gasteiger charge is -2.22. The summed E-state index contributed by atoms with van der Waals surface area (Å²) in [6.45, 7) is 7.34. The Kier molecular flexibility index (Phi) is 5.67. The van der Waals surface area contributed by atoms with Crippen molar-refractivity contribution in [2.75, 3.05) is 20.8 Å². The number of esters is 1. The molecular formula is C9H18O4Si. The summed E-state index contributed by atoms with van der Waals surface area (Å²) in [4.78, 5) is 11.0. The quantitative estimate of drug-likeness (QED) is 0.385. The van der Waals surface area contributed by atoms with Gasteiger partial charge in [0.05, 0.1) is 6.61 Å². The number of carbonyl (C=O) groups excluding carboxylic acids is 1. The maximum Gasteiger partial charge on any atom is 0.337 e. The highest BCUT2D eigenvalue weighted by molar-refractivity contribution is 6.66. The molecule has 4 nitrogen and oxygen atoms in total. The van der Waals surface area contributed by atoms with Gasteiger partial charge in [0.15, 0.2) is 0 Å². The molecule has 0 aromatic rings. The molecule has 0 N–H and O–H groups in total. The Balaban J connectivity index is 3.83. The van der Waals surface area contributed by atoms with Gasteiger partial charge in [-0.3, -0.25) is 0 Å². The maximum atomic E-state index is 11.0. The van der Waals surface area contributed by atoms with Crippen LogP contribution >= 0.6 is 0 Å². The predicted octanol–water partition coefficient (Wildman–Crippen LogP) is 1.47. The van der Waals surface area contributed by atoms with Crippen molar-refractivity contribution in [1.82, 2.24) is 0 Å². The standard InChI is InChI=1S/C9H18O4Si/c1-8(2)9(10)13-6-7-14(5,11-3)12-4/h1,6-7H2,2-5H3. The number of hydrogen-bond acceptors (Lipinski definition) is 4. The van der Waals surface area contributed by atoms with Crippen molar-refractivity contribution in [3.05, 3.63) is 12.2 Å². The van der Waals surface area contributed by atoms with Crippen LogP contribution in [0.3, 0.4) is 0 Å². The molecule has 0 radical (unpaired) electrons. The Morgan fingerprint density at radius 1 is 1.36 bits per heavy atom. The third kappa shape index (κ3) is 4.55. The molecule has 0 aliphatic rings. The van der Waals surface area contributed by atoms with Gasteiger partial charge in [-0.05, 0) is 13.5 Å². The normalized spacial score (nSPS) is 11.1. The van der Waals surface area contributed by atoms with E-state index in [1.54, 1.807) is 21.1 Å². The van der Waals surface area contributed by atoms with Gasteiger partial charge in [0.1, 0.15) is 0 Å². The lowest BCUT2D eigenvalue weighted by Crippen LogP contribution is -2.37. The van der Waals surface area contributed by atoms with Crippen LogP contribution in [0.15, 0.2) is 12.2 Å². The molecule has 0 aliphatic carbocycles. The molecule has 0 amide bonds. The zero-order valence-electron chi connectivity index (χ0n) is 9.25. The second kappa shape index (κ2) is 5.95. The van der Waals surface area contributed by atoms with Crippen molar-refractivity contribution in [2.24, 2.45) is 0 Å². The Labute approximate surface area is 86.1 Å². The summed E-state index contributed by atoms with van der Waals surface area (Å²) in [6.07, 6.45) is 0. The van der Waals surface area contributed by atoms with E-state index in [-0.39, 0.29) is 5.97 Å². The van der Waals surface area contributed by atoms with Crippen LogP contribution in [-0.2, 0) is 18.4 Å². The van der Waals surface area contributed by atoms with Crippen LogP contribution in [0.4, 0.5) is 0 Å². The molecule has 14 heavy (non-hydrogen) atoms. The zero-order chi connectivity index (χ0) is 11.2. The Morgan fingerprint density at radius 2 is 1.86 bits per heavy atom. The van der Waals surface area contributed by atoms with Crippen LogP contribution in [0, 0.1) is 0 Å². The van der Waals surface area contributed by atoms with Gasteiger partial charge >= 0.3 is 14.5 Å². The summed E-state index contributed by atoms with van der Waals surface area (Å²) < 4.78 is 15.4. The van der Waals surface area contributed by atoms with E-state index in [4.69, 9.17) is 13.6 Å². The third-order valence-corrected chi connectivity index (χ3v) is 4.84. The topological polar surface area (TPSA) is 44.8 Å². The maximum absolute atomic E-state index is 11.0. The number of ether oxygens (including phenoxy) is 1. The molecule has 82 valence electrons. The van der Waals surface area contributed by atoms with E-state index in [1.165, 1.54) is 0 Å². The molecule has 0 saturated heterocycles. The van der Waals surface area contributed by atoms with E-state index in [0.717, 1.165) is 0 Å². The van der Waals surface area contributed by atoms with Crippen LogP contribution in [-0.4, -0.2) is 35.4 Å². The number of carbonyl (C=O) groups is 1. The summed E-state index contributed by atoms with van der Waals surface area (Å²) in [5.74, 6) is -0.367. The molecule has 0 heterocycles. The first kappa shape index (κ1) is 13.3. The van der Waals surface area contributed by atoms with Crippen molar-refractivity contribution < 1.29 is 18.4 Å². The molecule has 5 heteroatoms. The van der Waals surface area contributed by atoms with Gasteiger partial charge < -0.3 is 13.6 Å². The fourth-order valence-corrected chi connectivity index (χ4v) is 1.79. The largest absolute Gasteiger partial charge is 0.462 e. The first-order valence-corrected chi connectivity index (χ1v) is 6.90. The van der Waals surface area contributed by atoms with Crippen molar-refractivity contribution in [1.29, 1.82) is 0 Å². The summed E-state index contributed by atoms with van der Waals surface area (Å²) in [6, 6.07) is 0.624. The average Bonchev–Trinajstić information content (AvgIpc) is 2.17. The Hall–Kier alpha value is -0.653. The highest BCUT2D eigenvalue weighted by Crippen LogP contribution is 2.11. The third-order valence-electron chi connectivity index (χ3n) is 2.00. The predicted molar refractivity (Wildman–Crippen MR) is 56.2 cm³/mol. The van der Waals surface area contributed by atoms with Gasteiger partial charge in [0, 0.05) is 25.8 Å². The van der Waals surface area contributed by atoms with Gasteiger partial charge in [-0.25, -0.2) is 4.79 Å². The fourth-order valence-electron chi connectivity index (χ4n) is 0.740. The second-order valence-electron chi connectivity index (χ2n) is 3.21. The molecule has 0 unspecified atom stereocenters. The van der Waals surface area contributed by atoms with Crippen molar-refractivity contribution in [2.45, 2.75) is 19.5 Å². The SMILES string of the molecule is C=C(C)C(=O)OCC[Si](C)(OC)OC. The first-order chi connectivity index (χ1) is 6.45. The van der Waals surface area contributed by atoms with Crippen molar-refractivity contribution in [3.63, 3.8) is 0 Å². The molecule has 0 fully saturated rings. The molecular weight excluding hydrogens is 200 g/mol. The van der Waals surface area contributed by atoms with Crippen LogP contribution in [0.25, 0.3) is 0 Å². The molecule has 0 bridgehead atoms. The first-order valence-electron chi connectivity index (χ1n) is 4.38. The molecule has 0 rings (SSSR count). The Bertz CT molecular complexity index is 211. The zero-order valence-corrected chi connectivity index (χ0v) is 10.3. The smallest absolute Gasteiger partial charge is 0.337 e. The van der Waals surface area contributed by atoms with Gasteiger partial charge in [0.25, 0.3) is 0 Å². The van der Waals surface area contributed by atoms with Gasteiger partial charge in [-0.1, -0.05) is 6.58 Å². The van der Waals surface area contributed by atoms with Crippen LogP contribution < -0.4 is 0 Å². The summed E-state index contributed by atoms with van der Waals surface area (Å²) in [5.41, 5.74) is 0.406. The molecule has 0 atom stereocenters. The molecule has 0 spiro atoms. The lowest BCUT2D eigenvalue weighted by molar-refractivity contribution is -0.138. The molecule has 0 aromatic carbocycles. The summed E-state index contributed by atoms with van der Waals surface area (Å²) in [5, 5.41) is 0. The van der Waals surface area contributed by atoms with Crippen molar-refractivity contribution in [3.8, 4) is 0 Å². The molecule has 0 saturated carbocycles. The van der Waals surface area contributed by atoms with E-state index < -0.39 is 8.56 Å². The number of hydrogen-bond donors (Lipinski definition) is 0. The minimum absolute atomic E-state index is 0.316. The second-order valence-corrected chi connectivity index (χ2v) is 6.79. The molecule has 0 aromatic heterocycles.